The molecule has 1 heterocycles. The van der Waals surface area contributed by atoms with E-state index in [-0.39, 0.29) is 29.1 Å². The molecule has 0 spiro atoms. The average molecular weight is 467 g/mol. The van der Waals surface area contributed by atoms with Crippen molar-refractivity contribution in [3.05, 3.63) is 53.6 Å². The molecule has 0 fully saturated rings. The summed E-state index contributed by atoms with van der Waals surface area (Å²) in [6.45, 7) is 1.93. The van der Waals surface area contributed by atoms with E-state index in [1.807, 2.05) is 6.92 Å². The summed E-state index contributed by atoms with van der Waals surface area (Å²) >= 11 is 0. The summed E-state index contributed by atoms with van der Waals surface area (Å²) in [5.41, 5.74) is -0.117. The van der Waals surface area contributed by atoms with Crippen LogP contribution >= 0.6 is 0 Å². The Labute approximate surface area is 182 Å². The Morgan fingerprint density at radius 1 is 1.16 bits per heavy atom. The number of tetrazole rings is 1. The molecule has 0 unspecified atom stereocenters. The van der Waals surface area contributed by atoms with Crippen LogP contribution in [-0.4, -0.2) is 34.9 Å². The van der Waals surface area contributed by atoms with Crippen molar-refractivity contribution in [1.29, 1.82) is 0 Å². The Kier molecular flexibility index (Phi) is 7.23. The molecule has 170 valence electrons. The fourth-order valence-corrected chi connectivity index (χ4v) is 3.75. The predicted octanol–water partition coefficient (Wildman–Crippen LogP) is 3.79. The van der Waals surface area contributed by atoms with E-state index in [1.54, 1.807) is 0 Å². The number of nitrogens with one attached hydrogen (secondary N) is 2. The average Bonchev–Trinajstić information content (AvgIpc) is 3.25. The first-order valence-corrected chi connectivity index (χ1v) is 11.1. The number of carbonyl (C=O) groups excluding carboxylic acids is 1. The molecule has 0 saturated carbocycles. The number of aromatic amines is 1. The maximum atomic E-state index is 14.9. The second kappa shape index (κ2) is 9.90. The van der Waals surface area contributed by atoms with Crippen molar-refractivity contribution < 1.29 is 25.9 Å². The van der Waals surface area contributed by atoms with Crippen LogP contribution in [0.1, 0.15) is 31.7 Å². The molecule has 1 atom stereocenters. The summed E-state index contributed by atoms with van der Waals surface area (Å²) in [6, 6.07) is 6.76. The zero-order valence-corrected chi connectivity index (χ0v) is 17.8. The van der Waals surface area contributed by atoms with Gasteiger partial charge in [0.15, 0.2) is 0 Å². The van der Waals surface area contributed by atoms with Crippen molar-refractivity contribution >= 4 is 22.1 Å². The summed E-state index contributed by atoms with van der Waals surface area (Å²) in [5.74, 6) is -3.09. The van der Waals surface area contributed by atoms with Crippen LogP contribution in [0.15, 0.2) is 41.3 Å². The van der Waals surface area contributed by atoms with Crippen molar-refractivity contribution in [2.24, 2.45) is 5.92 Å². The number of aromatic nitrogens is 4. The van der Waals surface area contributed by atoms with Crippen molar-refractivity contribution in [3.8, 4) is 11.1 Å². The Morgan fingerprint density at radius 3 is 2.47 bits per heavy atom. The van der Waals surface area contributed by atoms with Gasteiger partial charge in [-0.05, 0) is 53.4 Å². The third-order valence-electron chi connectivity index (χ3n) is 4.90. The number of unbranched alkanes of at least 4 members (excludes halogenated alkanes) is 1. The van der Waals surface area contributed by atoms with Gasteiger partial charge >= 0.3 is 10.2 Å². The monoisotopic (exact) mass is 467 g/mol. The number of anilines is 1. The van der Waals surface area contributed by atoms with Gasteiger partial charge in [0.25, 0.3) is 5.95 Å². The van der Waals surface area contributed by atoms with Crippen LogP contribution in [0.25, 0.3) is 11.1 Å². The van der Waals surface area contributed by atoms with E-state index in [4.69, 9.17) is 0 Å². The van der Waals surface area contributed by atoms with Crippen LogP contribution < -0.4 is 5.32 Å². The summed E-state index contributed by atoms with van der Waals surface area (Å²) in [6.07, 6.45) is 1.62. The Bertz CT molecular complexity index is 1180. The maximum Gasteiger partial charge on any atom is 0.332 e. The van der Waals surface area contributed by atoms with Gasteiger partial charge in [-0.2, -0.15) is 13.6 Å². The number of amides is 1. The zero-order valence-electron chi connectivity index (χ0n) is 17.0. The molecule has 0 aliphatic rings. The third kappa shape index (κ3) is 5.69. The molecule has 0 aliphatic heterocycles. The number of halogens is 3. The lowest BCUT2D eigenvalue weighted by Gasteiger charge is -2.17. The van der Waals surface area contributed by atoms with Gasteiger partial charge in [0.05, 0.1) is 4.90 Å². The minimum atomic E-state index is -4.97. The molecule has 3 rings (SSSR count). The molecule has 3 aromatic rings. The van der Waals surface area contributed by atoms with E-state index in [2.05, 4.69) is 25.9 Å². The molecular weight excluding hydrogens is 447 g/mol. The molecule has 1 amide bonds. The van der Waals surface area contributed by atoms with E-state index in [0.717, 1.165) is 30.7 Å². The van der Waals surface area contributed by atoms with E-state index >= 15 is 0 Å². The van der Waals surface area contributed by atoms with Crippen LogP contribution in [0.5, 0.6) is 0 Å². The van der Waals surface area contributed by atoms with Crippen LogP contribution in [0.2, 0.25) is 0 Å². The topological polar surface area (TPSA) is 118 Å². The second-order valence-electron chi connectivity index (χ2n) is 7.15. The second-order valence-corrected chi connectivity index (χ2v) is 8.50. The quantitative estimate of drug-likeness (QED) is 0.463. The molecule has 0 bridgehead atoms. The molecule has 12 heteroatoms. The number of nitrogens with zero attached hydrogens (tertiary/aromatic N) is 3. The fraction of sp³-hybridized carbons (Fsp3) is 0.300. The third-order valence-corrected chi connectivity index (χ3v) is 5.71. The van der Waals surface area contributed by atoms with Gasteiger partial charge in [-0.1, -0.05) is 37.0 Å². The van der Waals surface area contributed by atoms with E-state index in [1.165, 1.54) is 12.1 Å². The summed E-state index contributed by atoms with van der Waals surface area (Å²) in [4.78, 5) is 12.0. The van der Waals surface area contributed by atoms with Crippen molar-refractivity contribution in [3.63, 3.8) is 0 Å². The standard InChI is InChI=1S/C20H20F3N5O3S/c1-2-3-5-13(19(29)24-20-25-27-28-26-20)9-16-17(21)10-14(11-18(16)22)12-6-4-7-15(8-12)32(23,30)31/h4,6-8,10-11,13H,2-3,5,9H2,1H3,(H2,24,25,26,27,28,29)/t13-/m1/s1. The number of hydrogen-bond donors (Lipinski definition) is 2. The highest BCUT2D eigenvalue weighted by Crippen LogP contribution is 2.29. The van der Waals surface area contributed by atoms with Gasteiger partial charge < -0.3 is 0 Å². The Morgan fingerprint density at radius 2 is 1.88 bits per heavy atom. The number of hydrogen-bond acceptors (Lipinski definition) is 6. The summed E-state index contributed by atoms with van der Waals surface area (Å²) in [7, 11) is -4.97. The largest absolute Gasteiger partial charge is 0.332 e. The fourth-order valence-electron chi connectivity index (χ4n) is 3.24. The molecule has 2 aromatic carbocycles. The number of H-pyrrole nitrogens is 1. The Balaban J connectivity index is 1.88. The van der Waals surface area contributed by atoms with Crippen molar-refractivity contribution in [1.82, 2.24) is 20.6 Å². The first-order chi connectivity index (χ1) is 15.2. The minimum absolute atomic E-state index is 0.0376. The van der Waals surface area contributed by atoms with Crippen LogP contribution in [-0.2, 0) is 21.4 Å². The highest BCUT2D eigenvalue weighted by atomic mass is 32.3. The maximum absolute atomic E-state index is 14.9. The SMILES string of the molecule is CCCC[C@H](Cc1c(F)cc(-c2cccc(S(=O)(=O)F)c2)cc1F)C(=O)Nc1nn[nH]n1. The first kappa shape index (κ1) is 23.4. The van der Waals surface area contributed by atoms with Gasteiger partial charge in [0.2, 0.25) is 5.91 Å². The van der Waals surface area contributed by atoms with Crippen molar-refractivity contribution in [2.45, 2.75) is 37.5 Å². The molecule has 8 nitrogen and oxygen atoms in total. The van der Waals surface area contributed by atoms with Crippen molar-refractivity contribution in [2.75, 3.05) is 5.32 Å². The normalized spacial score (nSPS) is 12.5. The van der Waals surface area contributed by atoms with Crippen LogP contribution in [0, 0.1) is 17.6 Å². The van der Waals surface area contributed by atoms with E-state index in [0.29, 0.717) is 12.8 Å². The summed E-state index contributed by atoms with van der Waals surface area (Å²) in [5, 5.41) is 15.3. The minimum Gasteiger partial charge on any atom is -0.292 e. The Hall–Kier alpha value is -3.28. The van der Waals surface area contributed by atoms with Gasteiger partial charge in [0, 0.05) is 11.5 Å². The molecule has 0 saturated heterocycles. The number of rotatable bonds is 9. The molecular formula is C20H20F3N5O3S. The molecule has 2 N–H and O–H groups in total. The lowest BCUT2D eigenvalue weighted by molar-refractivity contribution is -0.120. The number of benzene rings is 2. The first-order valence-electron chi connectivity index (χ1n) is 9.76. The molecule has 0 radical (unpaired) electrons. The molecule has 0 aliphatic carbocycles. The smallest absolute Gasteiger partial charge is 0.292 e. The lowest BCUT2D eigenvalue weighted by atomic mass is 9.91. The number of carbonyl (C=O) groups is 1. The zero-order chi connectivity index (χ0) is 23.3. The lowest BCUT2D eigenvalue weighted by Crippen LogP contribution is -2.26. The van der Waals surface area contributed by atoms with E-state index in [9.17, 15) is 25.9 Å². The summed E-state index contributed by atoms with van der Waals surface area (Å²) < 4.78 is 65.2. The molecule has 1 aromatic heterocycles. The van der Waals surface area contributed by atoms with Crippen LogP contribution in [0.3, 0.4) is 0 Å². The van der Waals surface area contributed by atoms with Gasteiger partial charge in [-0.3, -0.25) is 10.1 Å². The van der Waals surface area contributed by atoms with Gasteiger partial charge in [0.1, 0.15) is 11.6 Å². The predicted molar refractivity (Wildman–Crippen MR) is 110 cm³/mol. The van der Waals surface area contributed by atoms with Gasteiger partial charge in [-0.15, -0.1) is 8.98 Å². The van der Waals surface area contributed by atoms with Crippen LogP contribution in [0.4, 0.5) is 18.6 Å². The van der Waals surface area contributed by atoms with E-state index < -0.39 is 38.6 Å². The molecule has 32 heavy (non-hydrogen) atoms. The highest BCUT2D eigenvalue weighted by Gasteiger charge is 2.24. The highest BCUT2D eigenvalue weighted by molar-refractivity contribution is 7.86. The van der Waals surface area contributed by atoms with Gasteiger partial charge in [-0.25, -0.2) is 8.78 Å².